The molecule has 0 saturated carbocycles. The second-order valence-electron chi connectivity index (χ2n) is 7.18. The standard InChI is InChI=1S/C20H16ClFN4O4/c21-17-11(15-12(22)2-1-3-14(15)27)6-13-16-18(17)30-8-10-7-25(20(28)29)4-5-26(10)19(16)24-9-23-13/h1-3,6,9-10,27H,4-5,7-8H2,(H,28,29)/t10-/m0/s1. The van der Waals surface area contributed by atoms with Crippen molar-refractivity contribution in [1.29, 1.82) is 0 Å². The van der Waals surface area contributed by atoms with Gasteiger partial charge in [0.25, 0.3) is 0 Å². The number of carbonyl (C=O) groups is 1. The number of hydrogen-bond donors (Lipinski definition) is 2. The molecule has 2 aliphatic heterocycles. The largest absolute Gasteiger partial charge is 0.507 e. The second kappa shape index (κ2) is 6.88. The van der Waals surface area contributed by atoms with Crippen LogP contribution in [0.2, 0.25) is 5.02 Å². The lowest BCUT2D eigenvalue weighted by atomic mass is 10.0. The van der Waals surface area contributed by atoms with Crippen LogP contribution in [0, 0.1) is 5.82 Å². The van der Waals surface area contributed by atoms with Gasteiger partial charge in [0.05, 0.1) is 27.5 Å². The molecule has 3 heterocycles. The number of rotatable bonds is 1. The van der Waals surface area contributed by atoms with Gasteiger partial charge in [0.2, 0.25) is 0 Å². The average Bonchev–Trinajstić information content (AvgIpc) is 2.89. The first kappa shape index (κ1) is 18.7. The number of nitrogens with zero attached hydrogens (tertiary/aromatic N) is 4. The van der Waals surface area contributed by atoms with Gasteiger partial charge in [-0.3, -0.25) is 0 Å². The van der Waals surface area contributed by atoms with Gasteiger partial charge in [0.1, 0.15) is 30.3 Å². The molecule has 0 bridgehead atoms. The molecule has 0 spiro atoms. The van der Waals surface area contributed by atoms with E-state index in [0.29, 0.717) is 35.6 Å². The molecular formula is C20H16ClFN4O4. The maximum atomic E-state index is 14.5. The molecule has 2 N–H and O–H groups in total. The minimum atomic E-state index is -0.986. The molecule has 1 fully saturated rings. The smallest absolute Gasteiger partial charge is 0.407 e. The summed E-state index contributed by atoms with van der Waals surface area (Å²) in [5.41, 5.74) is 0.702. The van der Waals surface area contributed by atoms with Crippen LogP contribution in [0.5, 0.6) is 11.5 Å². The van der Waals surface area contributed by atoms with Crippen LogP contribution in [0.25, 0.3) is 22.0 Å². The molecule has 1 aromatic heterocycles. The lowest BCUT2D eigenvalue weighted by Gasteiger charge is -2.39. The van der Waals surface area contributed by atoms with Crippen LogP contribution >= 0.6 is 11.6 Å². The Labute approximate surface area is 175 Å². The predicted octanol–water partition coefficient (Wildman–Crippen LogP) is 3.36. The minimum absolute atomic E-state index is 0.0385. The van der Waals surface area contributed by atoms with E-state index in [0.717, 1.165) is 0 Å². The molecule has 0 radical (unpaired) electrons. The van der Waals surface area contributed by atoms with Crippen LogP contribution in [-0.2, 0) is 0 Å². The summed E-state index contributed by atoms with van der Waals surface area (Å²) in [4.78, 5) is 23.5. The summed E-state index contributed by atoms with van der Waals surface area (Å²) in [6.45, 7) is 1.20. The van der Waals surface area contributed by atoms with E-state index in [1.54, 1.807) is 6.07 Å². The Balaban J connectivity index is 1.70. The number of aromatic nitrogens is 2. The summed E-state index contributed by atoms with van der Waals surface area (Å²) in [5.74, 6) is 0.00850. The molecule has 0 unspecified atom stereocenters. The fraction of sp³-hybridized carbons (Fsp3) is 0.250. The summed E-state index contributed by atoms with van der Waals surface area (Å²) in [6.07, 6.45) is 0.409. The fourth-order valence-corrected chi connectivity index (χ4v) is 4.39. The first-order valence-corrected chi connectivity index (χ1v) is 9.66. The third kappa shape index (κ3) is 2.77. The minimum Gasteiger partial charge on any atom is -0.507 e. The van der Waals surface area contributed by atoms with Gasteiger partial charge in [-0.1, -0.05) is 17.7 Å². The van der Waals surface area contributed by atoms with Crippen molar-refractivity contribution in [3.63, 3.8) is 0 Å². The third-order valence-electron chi connectivity index (χ3n) is 5.51. The predicted molar refractivity (Wildman–Crippen MR) is 108 cm³/mol. The first-order chi connectivity index (χ1) is 14.5. The highest BCUT2D eigenvalue weighted by Crippen LogP contribution is 2.47. The van der Waals surface area contributed by atoms with E-state index >= 15 is 0 Å². The van der Waals surface area contributed by atoms with Crippen molar-refractivity contribution >= 4 is 34.4 Å². The Morgan fingerprint density at radius 3 is 2.90 bits per heavy atom. The van der Waals surface area contributed by atoms with Gasteiger partial charge in [-0.05, 0) is 18.2 Å². The van der Waals surface area contributed by atoms with Gasteiger partial charge in [-0.15, -0.1) is 0 Å². The molecule has 2 aromatic carbocycles. The Kier molecular flexibility index (Phi) is 4.28. The number of piperazine rings is 1. The fourth-order valence-electron chi connectivity index (χ4n) is 4.09. The molecule has 1 amide bonds. The molecule has 0 aliphatic carbocycles. The van der Waals surface area contributed by atoms with Crippen molar-refractivity contribution in [2.24, 2.45) is 0 Å². The number of amides is 1. The highest BCUT2D eigenvalue weighted by atomic mass is 35.5. The number of halogens is 2. The number of anilines is 1. The van der Waals surface area contributed by atoms with E-state index in [2.05, 4.69) is 9.97 Å². The van der Waals surface area contributed by atoms with Crippen LogP contribution in [0.4, 0.5) is 15.0 Å². The molecule has 1 atom stereocenters. The second-order valence-corrected chi connectivity index (χ2v) is 7.56. The first-order valence-electron chi connectivity index (χ1n) is 9.28. The van der Waals surface area contributed by atoms with E-state index in [4.69, 9.17) is 16.3 Å². The third-order valence-corrected chi connectivity index (χ3v) is 5.88. The van der Waals surface area contributed by atoms with Crippen molar-refractivity contribution in [2.75, 3.05) is 31.1 Å². The molecule has 30 heavy (non-hydrogen) atoms. The molecular weight excluding hydrogens is 415 g/mol. The van der Waals surface area contributed by atoms with Crippen LogP contribution < -0.4 is 9.64 Å². The number of aromatic hydroxyl groups is 1. The number of phenols is 1. The van der Waals surface area contributed by atoms with Gasteiger partial charge in [-0.25, -0.2) is 19.2 Å². The van der Waals surface area contributed by atoms with Gasteiger partial charge in [0, 0.05) is 25.2 Å². The lowest BCUT2D eigenvalue weighted by molar-refractivity contribution is 0.127. The number of carboxylic acid groups (broad SMARTS) is 1. The van der Waals surface area contributed by atoms with Crippen LogP contribution in [-0.4, -0.2) is 63.5 Å². The van der Waals surface area contributed by atoms with E-state index in [-0.39, 0.29) is 41.1 Å². The molecule has 3 aromatic rings. The van der Waals surface area contributed by atoms with Crippen molar-refractivity contribution in [3.05, 3.63) is 41.4 Å². The topological polar surface area (TPSA) is 99.0 Å². The van der Waals surface area contributed by atoms with Crippen molar-refractivity contribution in [1.82, 2.24) is 14.9 Å². The number of ether oxygens (including phenoxy) is 1. The van der Waals surface area contributed by atoms with Gasteiger partial charge < -0.3 is 24.7 Å². The van der Waals surface area contributed by atoms with E-state index in [9.17, 15) is 19.4 Å². The van der Waals surface area contributed by atoms with E-state index in [1.807, 2.05) is 4.90 Å². The highest BCUT2D eigenvalue weighted by molar-refractivity contribution is 6.36. The number of hydrogen-bond acceptors (Lipinski definition) is 6. The zero-order chi connectivity index (χ0) is 21.0. The molecule has 8 nitrogen and oxygen atoms in total. The van der Waals surface area contributed by atoms with Crippen LogP contribution in [0.1, 0.15) is 0 Å². The summed E-state index contributed by atoms with van der Waals surface area (Å²) in [6, 6.07) is 5.36. The maximum absolute atomic E-state index is 14.5. The number of fused-ring (bicyclic) bond motifs is 2. The zero-order valence-corrected chi connectivity index (χ0v) is 16.3. The van der Waals surface area contributed by atoms with Crippen molar-refractivity contribution in [3.8, 4) is 22.6 Å². The normalized spacial score (nSPS) is 18.0. The lowest BCUT2D eigenvalue weighted by Crippen LogP contribution is -2.56. The Bertz CT molecular complexity index is 1170. The quantitative estimate of drug-likeness (QED) is 0.610. The molecule has 5 rings (SSSR count). The van der Waals surface area contributed by atoms with E-state index < -0.39 is 11.9 Å². The Morgan fingerprint density at radius 2 is 2.13 bits per heavy atom. The van der Waals surface area contributed by atoms with Crippen LogP contribution in [0.15, 0.2) is 30.6 Å². The summed E-state index contributed by atoms with van der Waals surface area (Å²) >= 11 is 6.64. The van der Waals surface area contributed by atoms with Crippen LogP contribution in [0.3, 0.4) is 0 Å². The maximum Gasteiger partial charge on any atom is 0.407 e. The average molecular weight is 431 g/mol. The Morgan fingerprint density at radius 1 is 1.30 bits per heavy atom. The Hall–Kier alpha value is -3.33. The zero-order valence-electron chi connectivity index (χ0n) is 15.5. The number of phenolic OH excluding ortho intramolecular Hbond substituents is 1. The summed E-state index contributed by atoms with van der Waals surface area (Å²) in [7, 11) is 0. The number of benzene rings is 2. The van der Waals surface area contributed by atoms with Gasteiger partial charge in [0.15, 0.2) is 5.75 Å². The monoisotopic (exact) mass is 430 g/mol. The molecule has 2 aliphatic rings. The SMILES string of the molecule is O=C(O)N1CCN2c3ncnc4cc(-c5c(O)cccc5F)c(Cl)c(c34)OC[C@@H]2C1. The molecule has 154 valence electrons. The van der Waals surface area contributed by atoms with Crippen molar-refractivity contribution in [2.45, 2.75) is 6.04 Å². The summed E-state index contributed by atoms with van der Waals surface area (Å²) in [5, 5.41) is 20.3. The molecule has 1 saturated heterocycles. The molecule has 10 heteroatoms. The van der Waals surface area contributed by atoms with E-state index in [1.165, 1.54) is 29.4 Å². The highest BCUT2D eigenvalue weighted by Gasteiger charge is 2.36. The van der Waals surface area contributed by atoms with Crippen molar-refractivity contribution < 1.29 is 24.1 Å². The summed E-state index contributed by atoms with van der Waals surface area (Å²) < 4.78 is 20.5. The van der Waals surface area contributed by atoms with Gasteiger partial charge in [-0.2, -0.15) is 0 Å². The van der Waals surface area contributed by atoms with Gasteiger partial charge >= 0.3 is 6.09 Å².